The first-order chi connectivity index (χ1) is 14.7. The Balaban J connectivity index is 1.23. The lowest BCUT2D eigenvalue weighted by molar-refractivity contribution is -0.121. The SMILES string of the molecule is O=C(CCCc1nc2ccccc2c(=O)[nH]1)NCc1ccc(Cn2ccnc2)cc1. The molecule has 7 heteroatoms. The molecule has 1 amide bonds. The van der Waals surface area contributed by atoms with Crippen LogP contribution in [0.1, 0.15) is 29.8 Å². The number of fused-ring (bicyclic) bond motifs is 1. The number of H-pyrrole nitrogens is 1. The van der Waals surface area contributed by atoms with Crippen molar-refractivity contribution in [1.82, 2.24) is 24.8 Å². The monoisotopic (exact) mass is 401 g/mol. The van der Waals surface area contributed by atoms with Crippen LogP contribution >= 0.6 is 0 Å². The summed E-state index contributed by atoms with van der Waals surface area (Å²) in [7, 11) is 0. The number of imidazole rings is 1. The summed E-state index contributed by atoms with van der Waals surface area (Å²) in [5.74, 6) is 0.598. The molecule has 0 spiro atoms. The van der Waals surface area contributed by atoms with Gasteiger partial charge in [0.25, 0.3) is 5.56 Å². The first-order valence-corrected chi connectivity index (χ1v) is 9.95. The van der Waals surface area contributed by atoms with Crippen molar-refractivity contribution in [3.05, 3.63) is 94.6 Å². The molecule has 2 aromatic carbocycles. The van der Waals surface area contributed by atoms with Crippen molar-refractivity contribution in [2.24, 2.45) is 0 Å². The molecule has 0 unspecified atom stereocenters. The number of para-hydroxylation sites is 1. The third-order valence-electron chi connectivity index (χ3n) is 4.92. The Bertz CT molecular complexity index is 1180. The van der Waals surface area contributed by atoms with Crippen LogP contribution in [0, 0.1) is 0 Å². The first kappa shape index (κ1) is 19.6. The minimum atomic E-state index is -0.142. The fourth-order valence-corrected chi connectivity index (χ4v) is 3.31. The third kappa shape index (κ3) is 5.00. The van der Waals surface area contributed by atoms with Gasteiger partial charge in [-0.3, -0.25) is 9.59 Å². The van der Waals surface area contributed by atoms with Crippen molar-refractivity contribution in [2.45, 2.75) is 32.4 Å². The van der Waals surface area contributed by atoms with Crippen LogP contribution < -0.4 is 10.9 Å². The highest BCUT2D eigenvalue weighted by Gasteiger charge is 2.06. The van der Waals surface area contributed by atoms with Crippen molar-refractivity contribution < 1.29 is 4.79 Å². The van der Waals surface area contributed by atoms with Crippen LogP contribution in [0.2, 0.25) is 0 Å². The number of nitrogens with one attached hydrogen (secondary N) is 2. The van der Waals surface area contributed by atoms with Crippen LogP contribution in [0.15, 0.2) is 72.0 Å². The van der Waals surface area contributed by atoms with Crippen LogP contribution in [-0.4, -0.2) is 25.4 Å². The molecule has 30 heavy (non-hydrogen) atoms. The zero-order valence-electron chi connectivity index (χ0n) is 16.5. The minimum absolute atomic E-state index is 0.0133. The first-order valence-electron chi connectivity index (χ1n) is 9.95. The lowest BCUT2D eigenvalue weighted by atomic mass is 10.1. The summed E-state index contributed by atoms with van der Waals surface area (Å²) in [4.78, 5) is 35.5. The fraction of sp³-hybridized carbons (Fsp3) is 0.217. The van der Waals surface area contributed by atoms with Gasteiger partial charge in [0.15, 0.2) is 0 Å². The zero-order chi connectivity index (χ0) is 20.8. The number of hydrogen-bond donors (Lipinski definition) is 2. The Kier molecular flexibility index (Phi) is 5.98. The number of aromatic amines is 1. The summed E-state index contributed by atoms with van der Waals surface area (Å²) in [5.41, 5.74) is 2.77. The Morgan fingerprint density at radius 1 is 1.07 bits per heavy atom. The molecule has 0 saturated carbocycles. The quantitative estimate of drug-likeness (QED) is 0.475. The van der Waals surface area contributed by atoms with E-state index in [4.69, 9.17) is 0 Å². The highest BCUT2D eigenvalue weighted by atomic mass is 16.1. The minimum Gasteiger partial charge on any atom is -0.352 e. The van der Waals surface area contributed by atoms with Gasteiger partial charge < -0.3 is 14.9 Å². The molecule has 0 saturated heterocycles. The van der Waals surface area contributed by atoms with E-state index in [0.717, 1.165) is 12.1 Å². The molecule has 0 aliphatic heterocycles. The molecule has 0 atom stereocenters. The highest BCUT2D eigenvalue weighted by molar-refractivity contribution is 5.77. The standard InChI is InChI=1S/C23H23N5O2/c29-22(7-3-6-21-26-20-5-2-1-4-19(20)23(30)27-21)25-14-17-8-10-18(11-9-17)15-28-13-12-24-16-28/h1-2,4-5,8-13,16H,3,6-7,14-15H2,(H,25,29)(H,26,27,30). The number of rotatable bonds is 8. The van der Waals surface area contributed by atoms with E-state index in [1.54, 1.807) is 18.6 Å². The Labute approximate surface area is 173 Å². The van der Waals surface area contributed by atoms with E-state index < -0.39 is 0 Å². The Morgan fingerprint density at radius 2 is 1.87 bits per heavy atom. The van der Waals surface area contributed by atoms with Crippen molar-refractivity contribution >= 4 is 16.8 Å². The molecule has 2 heterocycles. The van der Waals surface area contributed by atoms with Gasteiger partial charge >= 0.3 is 0 Å². The molecule has 0 aliphatic carbocycles. The number of hydrogen-bond acceptors (Lipinski definition) is 4. The van der Waals surface area contributed by atoms with E-state index >= 15 is 0 Å². The van der Waals surface area contributed by atoms with Crippen molar-refractivity contribution in [2.75, 3.05) is 0 Å². The highest BCUT2D eigenvalue weighted by Crippen LogP contribution is 2.08. The zero-order valence-corrected chi connectivity index (χ0v) is 16.5. The lowest BCUT2D eigenvalue weighted by Crippen LogP contribution is -2.22. The molecule has 2 N–H and O–H groups in total. The van der Waals surface area contributed by atoms with Crippen LogP contribution in [0.25, 0.3) is 10.9 Å². The molecule has 0 fully saturated rings. The van der Waals surface area contributed by atoms with Crippen molar-refractivity contribution in [3.63, 3.8) is 0 Å². The summed E-state index contributed by atoms with van der Waals surface area (Å²) >= 11 is 0. The average molecular weight is 401 g/mol. The maximum atomic E-state index is 12.2. The molecular formula is C23H23N5O2. The molecule has 4 aromatic rings. The molecule has 4 rings (SSSR count). The summed E-state index contributed by atoms with van der Waals surface area (Å²) in [6, 6.07) is 15.4. The van der Waals surface area contributed by atoms with Gasteiger partial charge in [-0.1, -0.05) is 36.4 Å². The predicted molar refractivity (Wildman–Crippen MR) is 115 cm³/mol. The average Bonchev–Trinajstić information content (AvgIpc) is 3.26. The molecule has 0 bridgehead atoms. The second-order valence-electron chi connectivity index (χ2n) is 7.21. The van der Waals surface area contributed by atoms with Crippen LogP contribution in [0.3, 0.4) is 0 Å². The van der Waals surface area contributed by atoms with E-state index in [9.17, 15) is 9.59 Å². The number of aromatic nitrogens is 4. The van der Waals surface area contributed by atoms with Gasteiger partial charge in [0.05, 0.1) is 17.2 Å². The van der Waals surface area contributed by atoms with Crippen molar-refractivity contribution in [3.8, 4) is 0 Å². The summed E-state index contributed by atoms with van der Waals surface area (Å²) in [6.45, 7) is 1.27. The van der Waals surface area contributed by atoms with Crippen LogP contribution in [0.4, 0.5) is 0 Å². The van der Waals surface area contributed by atoms with E-state index in [2.05, 4.69) is 32.4 Å². The number of carbonyl (C=O) groups is 1. The van der Waals surface area contributed by atoms with E-state index in [1.807, 2.05) is 41.1 Å². The number of aryl methyl sites for hydroxylation is 1. The summed E-state index contributed by atoms with van der Waals surface area (Å²) < 4.78 is 2.01. The Morgan fingerprint density at radius 3 is 2.67 bits per heavy atom. The second kappa shape index (κ2) is 9.17. The molecule has 152 valence electrons. The number of benzene rings is 2. The van der Waals surface area contributed by atoms with Crippen LogP contribution in [0.5, 0.6) is 0 Å². The van der Waals surface area contributed by atoms with Gasteiger partial charge in [-0.05, 0) is 29.7 Å². The van der Waals surface area contributed by atoms with E-state index in [1.165, 1.54) is 5.56 Å². The van der Waals surface area contributed by atoms with Gasteiger partial charge in [0, 0.05) is 38.3 Å². The van der Waals surface area contributed by atoms with Gasteiger partial charge in [0.1, 0.15) is 5.82 Å². The van der Waals surface area contributed by atoms with E-state index in [0.29, 0.717) is 42.5 Å². The van der Waals surface area contributed by atoms with Gasteiger partial charge in [-0.15, -0.1) is 0 Å². The molecular weight excluding hydrogens is 378 g/mol. The second-order valence-corrected chi connectivity index (χ2v) is 7.21. The Hall–Kier alpha value is -3.74. The maximum absolute atomic E-state index is 12.2. The third-order valence-corrected chi connectivity index (χ3v) is 4.92. The number of nitrogens with zero attached hydrogens (tertiary/aromatic N) is 3. The van der Waals surface area contributed by atoms with Crippen LogP contribution in [-0.2, 0) is 24.3 Å². The predicted octanol–water partition coefficient (Wildman–Crippen LogP) is 2.81. The van der Waals surface area contributed by atoms with Gasteiger partial charge in [-0.25, -0.2) is 9.97 Å². The number of amides is 1. The topological polar surface area (TPSA) is 92.7 Å². The van der Waals surface area contributed by atoms with Crippen molar-refractivity contribution in [1.29, 1.82) is 0 Å². The maximum Gasteiger partial charge on any atom is 0.258 e. The molecule has 2 aromatic heterocycles. The molecule has 7 nitrogen and oxygen atoms in total. The largest absolute Gasteiger partial charge is 0.352 e. The smallest absolute Gasteiger partial charge is 0.258 e. The molecule has 0 radical (unpaired) electrons. The molecule has 0 aliphatic rings. The number of carbonyl (C=O) groups excluding carboxylic acids is 1. The summed E-state index contributed by atoms with van der Waals surface area (Å²) in [6.07, 6.45) is 7.04. The lowest BCUT2D eigenvalue weighted by Gasteiger charge is -2.07. The van der Waals surface area contributed by atoms with E-state index in [-0.39, 0.29) is 11.5 Å². The fourth-order valence-electron chi connectivity index (χ4n) is 3.31. The summed E-state index contributed by atoms with van der Waals surface area (Å²) in [5, 5.41) is 3.52. The van der Waals surface area contributed by atoms with Gasteiger partial charge in [-0.2, -0.15) is 0 Å². The normalized spacial score (nSPS) is 10.9. The van der Waals surface area contributed by atoms with Gasteiger partial charge in [0.2, 0.25) is 5.91 Å².